The van der Waals surface area contributed by atoms with Crippen molar-refractivity contribution in [1.82, 2.24) is 15.0 Å². The molecule has 0 amide bonds. The zero-order valence-corrected chi connectivity index (χ0v) is 10.2. The molecule has 0 radical (unpaired) electrons. The lowest BCUT2D eigenvalue weighted by atomic mass is 10.1. The van der Waals surface area contributed by atoms with Crippen LogP contribution >= 0.6 is 0 Å². The monoisotopic (exact) mass is 245 g/mol. The maximum atomic E-state index is 9.20. The molecule has 1 N–H and O–H groups in total. The molecule has 1 aromatic carbocycles. The minimum Gasteiger partial charge on any atom is -0.390 e. The minimum atomic E-state index is -0.200. The fourth-order valence-corrected chi connectivity index (χ4v) is 2.00. The van der Waals surface area contributed by atoms with E-state index in [2.05, 4.69) is 15.0 Å². The lowest BCUT2D eigenvalue weighted by molar-refractivity contribution is -0.00461. The van der Waals surface area contributed by atoms with Gasteiger partial charge < -0.3 is 9.63 Å². The molecule has 2 aromatic rings. The van der Waals surface area contributed by atoms with Crippen LogP contribution in [0.3, 0.4) is 0 Å². The Morgan fingerprint density at radius 2 is 2.06 bits per heavy atom. The summed E-state index contributed by atoms with van der Waals surface area (Å²) in [5, 5.41) is 13.2. The van der Waals surface area contributed by atoms with Gasteiger partial charge in [-0.1, -0.05) is 22.9 Å². The van der Waals surface area contributed by atoms with Gasteiger partial charge in [0.25, 0.3) is 5.89 Å². The molecule has 2 heterocycles. The molecule has 94 valence electrons. The zero-order chi connectivity index (χ0) is 12.5. The number of aliphatic hydroxyl groups is 1. The summed E-state index contributed by atoms with van der Waals surface area (Å²) in [5.74, 6) is 1.21. The third-order valence-electron chi connectivity index (χ3n) is 3.07. The van der Waals surface area contributed by atoms with Crippen molar-refractivity contribution in [2.75, 3.05) is 13.1 Å². The second-order valence-electron chi connectivity index (χ2n) is 4.73. The number of rotatable bonds is 3. The molecular weight excluding hydrogens is 230 g/mol. The van der Waals surface area contributed by atoms with Crippen LogP contribution in [0, 0.1) is 6.92 Å². The molecule has 1 aliphatic rings. The van der Waals surface area contributed by atoms with Gasteiger partial charge in [0.05, 0.1) is 12.6 Å². The highest BCUT2D eigenvalue weighted by atomic mass is 16.5. The molecule has 0 spiro atoms. The summed E-state index contributed by atoms with van der Waals surface area (Å²) < 4.78 is 5.24. The Bertz CT molecular complexity index is 529. The molecule has 3 rings (SSSR count). The second-order valence-corrected chi connectivity index (χ2v) is 4.73. The van der Waals surface area contributed by atoms with E-state index in [0.717, 1.165) is 5.56 Å². The van der Waals surface area contributed by atoms with E-state index < -0.39 is 0 Å². The van der Waals surface area contributed by atoms with Crippen LogP contribution in [0.1, 0.15) is 11.4 Å². The number of aryl methyl sites for hydroxylation is 1. The van der Waals surface area contributed by atoms with Crippen LogP contribution in [0.15, 0.2) is 28.8 Å². The average molecular weight is 245 g/mol. The Morgan fingerprint density at radius 1 is 1.33 bits per heavy atom. The van der Waals surface area contributed by atoms with Crippen LogP contribution in [0.25, 0.3) is 11.5 Å². The number of benzene rings is 1. The topological polar surface area (TPSA) is 62.4 Å². The van der Waals surface area contributed by atoms with Gasteiger partial charge in [0.2, 0.25) is 0 Å². The van der Waals surface area contributed by atoms with Crippen molar-refractivity contribution >= 4 is 0 Å². The van der Waals surface area contributed by atoms with E-state index in [1.165, 1.54) is 5.56 Å². The van der Waals surface area contributed by atoms with E-state index >= 15 is 0 Å². The maximum Gasteiger partial charge on any atom is 0.257 e. The molecule has 5 heteroatoms. The Kier molecular flexibility index (Phi) is 2.85. The van der Waals surface area contributed by atoms with Gasteiger partial charge in [-0.15, -0.1) is 0 Å². The van der Waals surface area contributed by atoms with Gasteiger partial charge in [-0.05, 0) is 19.1 Å². The smallest absolute Gasteiger partial charge is 0.257 e. The number of β-amino-alcohol motifs (C(OH)–C–C–N with tert-alkyl or cyclic N) is 1. The highest BCUT2D eigenvalue weighted by molar-refractivity contribution is 5.53. The molecule has 5 nitrogen and oxygen atoms in total. The SMILES string of the molecule is Cc1ccc(-c2nc(CN3CC(O)C3)no2)cc1. The van der Waals surface area contributed by atoms with Crippen LogP contribution in [0.5, 0.6) is 0 Å². The normalized spacial score (nSPS) is 16.8. The molecule has 0 bridgehead atoms. The van der Waals surface area contributed by atoms with Gasteiger partial charge in [-0.2, -0.15) is 4.98 Å². The first kappa shape index (κ1) is 11.4. The Labute approximate surface area is 105 Å². The van der Waals surface area contributed by atoms with Gasteiger partial charge in [0.15, 0.2) is 5.82 Å². The van der Waals surface area contributed by atoms with Gasteiger partial charge in [-0.3, -0.25) is 4.90 Å². The van der Waals surface area contributed by atoms with E-state index in [-0.39, 0.29) is 6.10 Å². The summed E-state index contributed by atoms with van der Waals surface area (Å²) in [6.45, 7) is 4.05. The molecule has 0 unspecified atom stereocenters. The van der Waals surface area contributed by atoms with Gasteiger partial charge in [0, 0.05) is 18.7 Å². The zero-order valence-electron chi connectivity index (χ0n) is 10.2. The first-order valence-corrected chi connectivity index (χ1v) is 6.01. The summed E-state index contributed by atoms with van der Waals surface area (Å²) in [4.78, 5) is 6.43. The maximum absolute atomic E-state index is 9.20. The average Bonchev–Trinajstić information content (AvgIpc) is 2.77. The van der Waals surface area contributed by atoms with Gasteiger partial charge in [0.1, 0.15) is 0 Å². The number of aliphatic hydroxyl groups excluding tert-OH is 1. The summed E-state index contributed by atoms with van der Waals surface area (Å²) in [6, 6.07) is 7.98. The fourth-order valence-electron chi connectivity index (χ4n) is 2.00. The van der Waals surface area contributed by atoms with Gasteiger partial charge in [-0.25, -0.2) is 0 Å². The largest absolute Gasteiger partial charge is 0.390 e. The Hall–Kier alpha value is -1.72. The van der Waals surface area contributed by atoms with Crippen LogP contribution in [-0.4, -0.2) is 39.3 Å². The van der Waals surface area contributed by atoms with Crippen LogP contribution in [0.4, 0.5) is 0 Å². The minimum absolute atomic E-state index is 0.200. The standard InChI is InChI=1S/C13H15N3O2/c1-9-2-4-10(5-3-9)13-14-12(15-18-13)8-16-6-11(17)7-16/h2-5,11,17H,6-8H2,1H3. The first-order chi connectivity index (χ1) is 8.70. The highest BCUT2D eigenvalue weighted by Gasteiger charge is 2.25. The number of hydrogen-bond donors (Lipinski definition) is 1. The molecule has 1 aliphatic heterocycles. The quantitative estimate of drug-likeness (QED) is 0.881. The van der Waals surface area contributed by atoms with Crippen molar-refractivity contribution in [3.8, 4) is 11.5 Å². The molecule has 0 atom stereocenters. The fraction of sp³-hybridized carbons (Fsp3) is 0.385. The Morgan fingerprint density at radius 3 is 2.72 bits per heavy atom. The molecular formula is C13H15N3O2. The lowest BCUT2D eigenvalue weighted by Gasteiger charge is -2.34. The summed E-state index contributed by atoms with van der Waals surface area (Å²) in [7, 11) is 0. The van der Waals surface area contributed by atoms with Crippen LogP contribution in [0.2, 0.25) is 0 Å². The summed E-state index contributed by atoms with van der Waals surface area (Å²) >= 11 is 0. The Balaban J connectivity index is 1.71. The van der Waals surface area contributed by atoms with Crippen molar-refractivity contribution in [2.24, 2.45) is 0 Å². The van der Waals surface area contributed by atoms with E-state index in [0.29, 0.717) is 31.3 Å². The van der Waals surface area contributed by atoms with E-state index in [9.17, 15) is 5.11 Å². The van der Waals surface area contributed by atoms with Gasteiger partial charge >= 0.3 is 0 Å². The molecule has 1 saturated heterocycles. The number of nitrogens with zero attached hydrogens (tertiary/aromatic N) is 3. The first-order valence-electron chi connectivity index (χ1n) is 6.01. The van der Waals surface area contributed by atoms with E-state index in [1.54, 1.807) is 0 Å². The van der Waals surface area contributed by atoms with E-state index in [1.807, 2.05) is 31.2 Å². The third-order valence-corrected chi connectivity index (χ3v) is 3.07. The van der Waals surface area contributed by atoms with Crippen molar-refractivity contribution in [3.63, 3.8) is 0 Å². The highest BCUT2D eigenvalue weighted by Crippen LogP contribution is 2.19. The van der Waals surface area contributed by atoms with Crippen LogP contribution in [-0.2, 0) is 6.54 Å². The molecule has 18 heavy (non-hydrogen) atoms. The molecule has 0 saturated carbocycles. The number of hydrogen-bond acceptors (Lipinski definition) is 5. The van der Waals surface area contributed by atoms with Crippen molar-refractivity contribution in [2.45, 2.75) is 19.6 Å². The molecule has 0 aliphatic carbocycles. The van der Waals surface area contributed by atoms with Crippen molar-refractivity contribution in [1.29, 1.82) is 0 Å². The van der Waals surface area contributed by atoms with E-state index in [4.69, 9.17) is 4.52 Å². The summed E-state index contributed by atoms with van der Waals surface area (Å²) in [6.07, 6.45) is -0.200. The predicted molar refractivity (Wildman–Crippen MR) is 65.8 cm³/mol. The predicted octanol–water partition coefficient (Wildman–Crippen LogP) is 1.22. The lowest BCUT2D eigenvalue weighted by Crippen LogP contribution is -2.49. The molecule has 1 fully saturated rings. The summed E-state index contributed by atoms with van der Waals surface area (Å²) in [5.41, 5.74) is 2.14. The second kappa shape index (κ2) is 4.51. The molecule has 1 aromatic heterocycles. The third kappa shape index (κ3) is 2.27. The number of aromatic nitrogens is 2. The number of likely N-dealkylation sites (tertiary alicyclic amines) is 1. The van der Waals surface area contributed by atoms with Crippen molar-refractivity contribution in [3.05, 3.63) is 35.7 Å². The van der Waals surface area contributed by atoms with Crippen LogP contribution < -0.4 is 0 Å². The van der Waals surface area contributed by atoms with Crippen molar-refractivity contribution < 1.29 is 9.63 Å².